The van der Waals surface area contributed by atoms with Crippen LogP contribution < -0.4 is 5.32 Å². The summed E-state index contributed by atoms with van der Waals surface area (Å²) in [6.45, 7) is 0. The Kier molecular flexibility index (Phi) is 2.67. The van der Waals surface area contributed by atoms with E-state index in [1.165, 1.54) is 18.5 Å². The molecule has 2 heterocycles. The molecule has 0 saturated carbocycles. The maximum atomic E-state index is 13.1. The third-order valence-corrected chi connectivity index (χ3v) is 2.70. The van der Waals surface area contributed by atoms with Gasteiger partial charge in [-0.3, -0.25) is 0 Å². The summed E-state index contributed by atoms with van der Waals surface area (Å²) in [4.78, 5) is 15.3. The second-order valence-electron chi connectivity index (χ2n) is 3.58. The van der Waals surface area contributed by atoms with Gasteiger partial charge in [0.25, 0.3) is 0 Å². The fourth-order valence-corrected chi connectivity index (χ4v) is 1.95. The van der Waals surface area contributed by atoms with Gasteiger partial charge >= 0.3 is 0 Å². The highest BCUT2D eigenvalue weighted by Gasteiger charge is 2.08. The molecule has 2 N–H and O–H groups in total. The minimum atomic E-state index is -0.311. The Balaban J connectivity index is 2.06. The van der Waals surface area contributed by atoms with Crippen LogP contribution in [0.4, 0.5) is 15.9 Å². The summed E-state index contributed by atoms with van der Waals surface area (Å²) in [5, 5.41) is 3.02. The molecular weight excluding hydrogens is 301 g/mol. The fraction of sp³-hybridized carbons (Fsp3) is 0. The molecule has 0 radical (unpaired) electrons. The molecule has 0 unspecified atom stereocenters. The van der Waals surface area contributed by atoms with Crippen LogP contribution in [0.3, 0.4) is 0 Å². The Morgan fingerprint density at radius 1 is 1.28 bits per heavy atom. The average Bonchev–Trinajstić information content (AvgIpc) is 2.77. The lowest BCUT2D eigenvalue weighted by Gasteiger charge is -2.06. The van der Waals surface area contributed by atoms with Crippen molar-refractivity contribution in [3.05, 3.63) is 41.1 Å². The molecule has 1 aromatic carbocycles. The number of fused-ring (bicyclic) bond motifs is 1. The van der Waals surface area contributed by atoms with Gasteiger partial charge in [-0.1, -0.05) is 6.07 Å². The third kappa shape index (κ3) is 2.04. The number of hydrogen-bond donors (Lipinski definition) is 2. The summed E-state index contributed by atoms with van der Waals surface area (Å²) in [5.41, 5.74) is 1.81. The van der Waals surface area contributed by atoms with Crippen molar-refractivity contribution in [3.63, 3.8) is 0 Å². The highest BCUT2D eigenvalue weighted by Crippen LogP contribution is 2.23. The van der Waals surface area contributed by atoms with Gasteiger partial charge in [0.1, 0.15) is 11.3 Å². The molecule has 0 spiro atoms. The number of benzene rings is 1. The molecule has 3 rings (SSSR count). The maximum absolute atomic E-state index is 13.1. The smallest absolute Gasteiger partial charge is 0.200 e. The normalized spacial score (nSPS) is 10.8. The average molecular weight is 308 g/mol. The monoisotopic (exact) mass is 307 g/mol. The van der Waals surface area contributed by atoms with E-state index in [2.05, 4.69) is 41.2 Å². The molecule has 5 nitrogen and oxygen atoms in total. The minimum Gasteiger partial charge on any atom is -0.340 e. The number of nitrogens with one attached hydrogen (secondary N) is 2. The van der Waals surface area contributed by atoms with Gasteiger partial charge in [-0.25, -0.2) is 19.3 Å². The molecule has 0 fully saturated rings. The summed E-state index contributed by atoms with van der Waals surface area (Å²) in [6, 6.07) is 6.14. The zero-order valence-electron chi connectivity index (χ0n) is 8.98. The van der Waals surface area contributed by atoms with E-state index in [1.807, 2.05) is 0 Å². The first-order chi connectivity index (χ1) is 8.72. The molecule has 90 valence electrons. The van der Waals surface area contributed by atoms with E-state index < -0.39 is 0 Å². The topological polar surface area (TPSA) is 66.5 Å². The van der Waals surface area contributed by atoms with Crippen LogP contribution in [0.1, 0.15) is 0 Å². The number of halogens is 2. The van der Waals surface area contributed by atoms with Crippen molar-refractivity contribution >= 4 is 38.6 Å². The van der Waals surface area contributed by atoms with E-state index in [0.717, 1.165) is 0 Å². The van der Waals surface area contributed by atoms with Crippen LogP contribution in [0.5, 0.6) is 0 Å². The number of hydrogen-bond acceptors (Lipinski definition) is 4. The zero-order chi connectivity index (χ0) is 12.5. The van der Waals surface area contributed by atoms with Gasteiger partial charge in [0, 0.05) is 5.69 Å². The number of nitrogens with zero attached hydrogens (tertiary/aromatic N) is 3. The van der Waals surface area contributed by atoms with Crippen molar-refractivity contribution in [1.29, 1.82) is 0 Å². The predicted molar refractivity (Wildman–Crippen MR) is 69.1 cm³/mol. The van der Waals surface area contributed by atoms with Gasteiger partial charge in [-0.15, -0.1) is 0 Å². The molecule has 0 aliphatic heterocycles. The molecule has 0 saturated heterocycles. The molecule has 0 aliphatic rings. The minimum absolute atomic E-state index is 0.311. The molecule has 3 aromatic rings. The Morgan fingerprint density at radius 3 is 3.00 bits per heavy atom. The van der Waals surface area contributed by atoms with E-state index >= 15 is 0 Å². The quantitative estimate of drug-likeness (QED) is 0.714. The fourth-order valence-electron chi connectivity index (χ4n) is 1.60. The number of aromatic amines is 1. The standard InChI is InChI=1S/C11H7BrFN5/c12-11-17-9-8(14-5-15-9)10(18-11)16-7-3-1-2-6(13)4-7/h1-5H,(H2,14,15,16,17,18). The maximum Gasteiger partial charge on any atom is 0.200 e. The number of anilines is 2. The summed E-state index contributed by atoms with van der Waals surface area (Å²) in [6.07, 6.45) is 1.53. The van der Waals surface area contributed by atoms with Crippen LogP contribution in [-0.2, 0) is 0 Å². The first-order valence-electron chi connectivity index (χ1n) is 5.11. The molecule has 2 aromatic heterocycles. The van der Waals surface area contributed by atoms with Crippen molar-refractivity contribution in [2.45, 2.75) is 0 Å². The van der Waals surface area contributed by atoms with Crippen molar-refractivity contribution in [1.82, 2.24) is 19.9 Å². The molecule has 0 atom stereocenters. The van der Waals surface area contributed by atoms with E-state index in [9.17, 15) is 4.39 Å². The van der Waals surface area contributed by atoms with Crippen molar-refractivity contribution in [3.8, 4) is 0 Å². The first kappa shape index (κ1) is 11.1. The summed E-state index contributed by atoms with van der Waals surface area (Å²) in [7, 11) is 0. The van der Waals surface area contributed by atoms with E-state index in [1.54, 1.807) is 12.1 Å². The summed E-state index contributed by atoms with van der Waals surface area (Å²) < 4.78 is 13.5. The van der Waals surface area contributed by atoms with E-state index in [4.69, 9.17) is 0 Å². The van der Waals surface area contributed by atoms with Crippen LogP contribution in [-0.4, -0.2) is 19.9 Å². The SMILES string of the molecule is Fc1cccc(Nc2nc(Br)nc3nc[nH]c23)c1. The highest BCUT2D eigenvalue weighted by molar-refractivity contribution is 9.10. The van der Waals surface area contributed by atoms with Crippen molar-refractivity contribution in [2.24, 2.45) is 0 Å². The van der Waals surface area contributed by atoms with Gasteiger partial charge < -0.3 is 10.3 Å². The van der Waals surface area contributed by atoms with Gasteiger partial charge in [0.2, 0.25) is 4.73 Å². The van der Waals surface area contributed by atoms with E-state index in [-0.39, 0.29) is 5.82 Å². The lowest BCUT2D eigenvalue weighted by atomic mass is 10.3. The molecule has 0 aliphatic carbocycles. The Morgan fingerprint density at radius 2 is 2.17 bits per heavy atom. The molecule has 0 bridgehead atoms. The van der Waals surface area contributed by atoms with Crippen LogP contribution >= 0.6 is 15.9 Å². The van der Waals surface area contributed by atoms with Gasteiger partial charge in [-0.05, 0) is 34.1 Å². The molecule has 7 heteroatoms. The van der Waals surface area contributed by atoms with Crippen LogP contribution in [0.25, 0.3) is 11.2 Å². The summed E-state index contributed by atoms with van der Waals surface area (Å²) in [5.74, 6) is 0.226. The van der Waals surface area contributed by atoms with Gasteiger partial charge in [0.15, 0.2) is 11.5 Å². The zero-order valence-corrected chi connectivity index (χ0v) is 10.6. The van der Waals surface area contributed by atoms with Crippen molar-refractivity contribution in [2.75, 3.05) is 5.32 Å². The Bertz CT molecular complexity index is 711. The largest absolute Gasteiger partial charge is 0.340 e. The first-order valence-corrected chi connectivity index (χ1v) is 5.91. The van der Waals surface area contributed by atoms with Gasteiger partial charge in [-0.2, -0.15) is 0 Å². The van der Waals surface area contributed by atoms with Crippen molar-refractivity contribution < 1.29 is 4.39 Å². The highest BCUT2D eigenvalue weighted by atomic mass is 79.9. The van der Waals surface area contributed by atoms with E-state index in [0.29, 0.717) is 27.4 Å². The molecule has 0 amide bonds. The Labute approximate surface area is 110 Å². The molecular formula is C11H7BrFN5. The summed E-state index contributed by atoms with van der Waals surface area (Å²) >= 11 is 3.21. The predicted octanol–water partition coefficient (Wildman–Crippen LogP) is 3.00. The number of aromatic nitrogens is 4. The second kappa shape index (κ2) is 4.34. The number of H-pyrrole nitrogens is 1. The third-order valence-electron chi connectivity index (χ3n) is 2.35. The second-order valence-corrected chi connectivity index (χ2v) is 4.29. The number of imidazole rings is 1. The van der Waals surface area contributed by atoms with Crippen LogP contribution in [0, 0.1) is 5.82 Å². The Hall–Kier alpha value is -2.02. The molecule has 18 heavy (non-hydrogen) atoms. The number of rotatable bonds is 2. The van der Waals surface area contributed by atoms with Crippen LogP contribution in [0.2, 0.25) is 0 Å². The lowest BCUT2D eigenvalue weighted by Crippen LogP contribution is -1.97. The lowest BCUT2D eigenvalue weighted by molar-refractivity contribution is 0.628. The van der Waals surface area contributed by atoms with Gasteiger partial charge in [0.05, 0.1) is 6.33 Å². The van der Waals surface area contributed by atoms with Crippen LogP contribution in [0.15, 0.2) is 35.3 Å².